The number of ether oxygens (including phenoxy) is 1. The highest BCUT2D eigenvalue weighted by molar-refractivity contribution is 5.76. The smallest absolute Gasteiger partial charge is 0.220 e. The third-order valence-electron chi connectivity index (χ3n) is 6.30. The predicted octanol–water partition coefficient (Wildman–Crippen LogP) is 7.89. The maximum absolute atomic E-state index is 12.3. The van der Waals surface area contributed by atoms with E-state index in [1.807, 2.05) is 18.2 Å². The highest BCUT2D eigenvalue weighted by atomic mass is 16.5. The first-order valence-corrected chi connectivity index (χ1v) is 12.8. The molecule has 2 rings (SSSR count). The summed E-state index contributed by atoms with van der Waals surface area (Å²) >= 11 is 0. The summed E-state index contributed by atoms with van der Waals surface area (Å²) < 4.78 is 5.67. The van der Waals surface area contributed by atoms with Gasteiger partial charge in [-0.05, 0) is 12.5 Å². The third kappa shape index (κ3) is 10.5. The average molecular weight is 416 g/mol. The second kappa shape index (κ2) is 16.2. The van der Waals surface area contributed by atoms with E-state index < -0.39 is 0 Å². The van der Waals surface area contributed by atoms with E-state index in [-0.39, 0.29) is 11.9 Å². The average Bonchev–Trinajstić information content (AvgIpc) is 2.76. The molecule has 1 aliphatic rings. The van der Waals surface area contributed by atoms with E-state index in [4.69, 9.17) is 4.74 Å². The molecule has 1 amide bonds. The Labute approximate surface area is 185 Å². The predicted molar refractivity (Wildman–Crippen MR) is 127 cm³/mol. The van der Waals surface area contributed by atoms with Crippen molar-refractivity contribution in [1.82, 2.24) is 5.32 Å². The molecular weight excluding hydrogens is 370 g/mol. The van der Waals surface area contributed by atoms with E-state index in [9.17, 15) is 4.79 Å². The Hall–Kier alpha value is -1.51. The molecule has 0 spiro atoms. The van der Waals surface area contributed by atoms with Crippen LogP contribution in [-0.2, 0) is 4.79 Å². The number of para-hydroxylation sites is 1. The molecular formula is C27H45NO2. The lowest BCUT2D eigenvalue weighted by molar-refractivity contribution is -0.122. The van der Waals surface area contributed by atoms with E-state index in [1.165, 1.54) is 89.9 Å². The zero-order valence-corrected chi connectivity index (χ0v) is 19.4. The second-order valence-corrected chi connectivity index (χ2v) is 8.99. The number of hydrogen-bond acceptors (Lipinski definition) is 2. The SMILES string of the molecule is CCCCCCCCCCCCCCCCCC(=O)NC1CCOc2ccccc21. The fourth-order valence-electron chi connectivity index (χ4n) is 4.42. The number of nitrogens with one attached hydrogen (secondary N) is 1. The number of carbonyl (C=O) groups excluding carboxylic acids is 1. The van der Waals surface area contributed by atoms with Crippen LogP contribution in [0.3, 0.4) is 0 Å². The Balaban J connectivity index is 1.38. The van der Waals surface area contributed by atoms with Gasteiger partial charge in [0, 0.05) is 18.4 Å². The second-order valence-electron chi connectivity index (χ2n) is 8.99. The summed E-state index contributed by atoms with van der Waals surface area (Å²) in [7, 11) is 0. The van der Waals surface area contributed by atoms with Gasteiger partial charge in [-0.2, -0.15) is 0 Å². The summed E-state index contributed by atoms with van der Waals surface area (Å²) in [5, 5.41) is 3.21. The molecule has 1 heterocycles. The van der Waals surface area contributed by atoms with Gasteiger partial charge in [0.15, 0.2) is 0 Å². The highest BCUT2D eigenvalue weighted by Crippen LogP contribution is 2.31. The van der Waals surface area contributed by atoms with Crippen molar-refractivity contribution < 1.29 is 9.53 Å². The van der Waals surface area contributed by atoms with Gasteiger partial charge in [-0.3, -0.25) is 4.79 Å². The van der Waals surface area contributed by atoms with Gasteiger partial charge in [0.2, 0.25) is 5.91 Å². The zero-order chi connectivity index (χ0) is 21.3. The van der Waals surface area contributed by atoms with Gasteiger partial charge in [-0.15, -0.1) is 0 Å². The quantitative estimate of drug-likeness (QED) is 0.263. The number of fused-ring (bicyclic) bond motifs is 1. The number of carbonyl (C=O) groups is 1. The number of hydrogen-bond donors (Lipinski definition) is 1. The van der Waals surface area contributed by atoms with E-state index in [2.05, 4.69) is 18.3 Å². The first-order valence-electron chi connectivity index (χ1n) is 12.8. The van der Waals surface area contributed by atoms with Gasteiger partial charge in [0.1, 0.15) is 5.75 Å². The lowest BCUT2D eigenvalue weighted by Gasteiger charge is -2.26. The van der Waals surface area contributed by atoms with Crippen molar-refractivity contribution in [3.8, 4) is 5.75 Å². The van der Waals surface area contributed by atoms with Gasteiger partial charge in [-0.25, -0.2) is 0 Å². The molecule has 3 nitrogen and oxygen atoms in total. The van der Waals surface area contributed by atoms with Gasteiger partial charge < -0.3 is 10.1 Å². The zero-order valence-electron chi connectivity index (χ0n) is 19.4. The Morgan fingerprint density at radius 1 is 0.833 bits per heavy atom. The van der Waals surface area contributed by atoms with Crippen molar-refractivity contribution >= 4 is 5.91 Å². The van der Waals surface area contributed by atoms with Crippen LogP contribution in [0.1, 0.15) is 128 Å². The van der Waals surface area contributed by atoms with Crippen LogP contribution >= 0.6 is 0 Å². The summed E-state index contributed by atoms with van der Waals surface area (Å²) in [6.07, 6.45) is 21.8. The Morgan fingerprint density at radius 2 is 1.37 bits per heavy atom. The van der Waals surface area contributed by atoms with Crippen LogP contribution in [0.15, 0.2) is 24.3 Å². The molecule has 0 saturated carbocycles. The summed E-state index contributed by atoms with van der Waals surface area (Å²) in [5.74, 6) is 1.10. The van der Waals surface area contributed by atoms with Crippen molar-refractivity contribution in [2.24, 2.45) is 0 Å². The van der Waals surface area contributed by atoms with Crippen LogP contribution in [-0.4, -0.2) is 12.5 Å². The first kappa shape index (κ1) is 24.8. The van der Waals surface area contributed by atoms with Gasteiger partial charge in [-0.1, -0.05) is 115 Å². The van der Waals surface area contributed by atoms with Crippen molar-refractivity contribution in [2.75, 3.05) is 6.61 Å². The maximum atomic E-state index is 12.3. The maximum Gasteiger partial charge on any atom is 0.220 e. The summed E-state index contributed by atoms with van der Waals surface area (Å²) in [4.78, 5) is 12.3. The lowest BCUT2D eigenvalue weighted by Crippen LogP contribution is -2.31. The normalized spacial score (nSPS) is 15.4. The van der Waals surface area contributed by atoms with Crippen molar-refractivity contribution in [3.63, 3.8) is 0 Å². The molecule has 3 heteroatoms. The minimum Gasteiger partial charge on any atom is -0.493 e. The van der Waals surface area contributed by atoms with E-state index >= 15 is 0 Å². The number of amides is 1. The molecule has 1 aliphatic heterocycles. The van der Waals surface area contributed by atoms with E-state index in [1.54, 1.807) is 0 Å². The van der Waals surface area contributed by atoms with E-state index in [0.29, 0.717) is 13.0 Å². The minimum atomic E-state index is 0.110. The molecule has 0 aliphatic carbocycles. The summed E-state index contributed by atoms with van der Waals surface area (Å²) in [6.45, 7) is 2.96. The minimum absolute atomic E-state index is 0.110. The number of unbranched alkanes of at least 4 members (excludes halogenated alkanes) is 14. The van der Waals surface area contributed by atoms with Crippen LogP contribution in [0.5, 0.6) is 5.75 Å². The lowest BCUT2D eigenvalue weighted by atomic mass is 10.00. The van der Waals surface area contributed by atoms with Crippen LogP contribution in [0.4, 0.5) is 0 Å². The molecule has 0 saturated heterocycles. The standard InChI is InChI=1S/C27H45NO2/c1-2-3-4-5-6-7-8-9-10-11-12-13-14-15-16-21-27(29)28-25-22-23-30-26-20-18-17-19-24(25)26/h17-20,25H,2-16,21-23H2,1H3,(H,28,29). The Morgan fingerprint density at radius 3 is 1.97 bits per heavy atom. The molecule has 0 aromatic heterocycles. The Kier molecular flexibility index (Phi) is 13.4. The fourth-order valence-corrected chi connectivity index (χ4v) is 4.42. The highest BCUT2D eigenvalue weighted by Gasteiger charge is 2.22. The molecule has 1 atom stereocenters. The van der Waals surface area contributed by atoms with Crippen LogP contribution in [0, 0.1) is 0 Å². The Bertz CT molecular complexity index is 572. The van der Waals surface area contributed by atoms with Crippen LogP contribution in [0.25, 0.3) is 0 Å². The topological polar surface area (TPSA) is 38.3 Å². The van der Waals surface area contributed by atoms with Crippen LogP contribution < -0.4 is 10.1 Å². The van der Waals surface area contributed by atoms with Crippen molar-refractivity contribution in [1.29, 1.82) is 0 Å². The van der Waals surface area contributed by atoms with Gasteiger partial charge in [0.25, 0.3) is 0 Å². The van der Waals surface area contributed by atoms with Gasteiger partial charge >= 0.3 is 0 Å². The molecule has 0 bridgehead atoms. The monoisotopic (exact) mass is 415 g/mol. The molecule has 30 heavy (non-hydrogen) atoms. The number of benzene rings is 1. The third-order valence-corrected chi connectivity index (χ3v) is 6.30. The molecule has 1 aromatic rings. The van der Waals surface area contributed by atoms with Gasteiger partial charge in [0.05, 0.1) is 12.6 Å². The first-order chi connectivity index (χ1) is 14.8. The molecule has 1 unspecified atom stereocenters. The molecule has 0 fully saturated rings. The summed E-state index contributed by atoms with van der Waals surface area (Å²) in [6, 6.07) is 8.16. The van der Waals surface area contributed by atoms with Crippen LogP contribution in [0.2, 0.25) is 0 Å². The molecule has 0 radical (unpaired) electrons. The van der Waals surface area contributed by atoms with E-state index in [0.717, 1.165) is 24.2 Å². The van der Waals surface area contributed by atoms with Crippen molar-refractivity contribution in [3.05, 3.63) is 29.8 Å². The number of rotatable bonds is 17. The molecule has 1 N–H and O–H groups in total. The van der Waals surface area contributed by atoms with Crippen molar-refractivity contribution in [2.45, 2.75) is 122 Å². The molecule has 1 aromatic carbocycles. The largest absolute Gasteiger partial charge is 0.493 e. The summed E-state index contributed by atoms with van der Waals surface area (Å²) in [5.41, 5.74) is 1.12. The fraction of sp³-hybridized carbons (Fsp3) is 0.741. The molecule has 170 valence electrons.